The SMILES string of the molecule is C[C@@H](O)[C@@H]1NC(=O)c2coc(n2)[C@H](Cc2ccccc2)NC(=O)[C@@H](NC(=O)Cc2ccccc2)CCCCNC1=O. The molecule has 0 unspecified atom stereocenters. The first-order valence-electron chi connectivity index (χ1n) is 13.7. The van der Waals surface area contributed by atoms with Crippen molar-refractivity contribution in [3.05, 3.63) is 89.6 Å². The second kappa shape index (κ2) is 14.2. The second-order valence-corrected chi connectivity index (χ2v) is 10.1. The number of hydrogen-bond donors (Lipinski definition) is 5. The Balaban J connectivity index is 1.60. The molecule has 11 heteroatoms. The van der Waals surface area contributed by atoms with Crippen molar-refractivity contribution in [2.75, 3.05) is 6.54 Å². The molecule has 1 aromatic heterocycles. The number of carbonyl (C=O) groups excluding carboxylic acids is 4. The molecule has 4 amide bonds. The van der Waals surface area contributed by atoms with E-state index >= 15 is 0 Å². The summed E-state index contributed by atoms with van der Waals surface area (Å²) in [4.78, 5) is 56.3. The number of nitrogens with one attached hydrogen (secondary N) is 4. The maximum Gasteiger partial charge on any atom is 0.273 e. The van der Waals surface area contributed by atoms with Crippen LogP contribution in [0.25, 0.3) is 0 Å². The van der Waals surface area contributed by atoms with Crippen molar-refractivity contribution in [2.24, 2.45) is 0 Å². The van der Waals surface area contributed by atoms with Crippen LogP contribution in [0.3, 0.4) is 0 Å². The Bertz CT molecular complexity index is 1330. The number of aliphatic hydroxyl groups excluding tert-OH is 1. The molecule has 0 spiro atoms. The molecule has 0 saturated carbocycles. The van der Waals surface area contributed by atoms with Crippen LogP contribution in [0.5, 0.6) is 0 Å². The van der Waals surface area contributed by atoms with Gasteiger partial charge in [0.2, 0.25) is 23.6 Å². The average Bonchev–Trinajstić information content (AvgIpc) is 3.45. The van der Waals surface area contributed by atoms with E-state index in [4.69, 9.17) is 4.42 Å². The van der Waals surface area contributed by atoms with Crippen LogP contribution in [-0.4, -0.2) is 58.5 Å². The number of nitrogens with zero attached hydrogens (tertiary/aromatic N) is 1. The number of hydrogen-bond acceptors (Lipinski definition) is 7. The number of carbonyl (C=O) groups is 4. The monoisotopic (exact) mass is 561 g/mol. The van der Waals surface area contributed by atoms with Crippen LogP contribution >= 0.6 is 0 Å². The highest BCUT2D eigenvalue weighted by atomic mass is 16.3. The number of oxazole rings is 1. The summed E-state index contributed by atoms with van der Waals surface area (Å²) in [5, 5.41) is 21.2. The number of aliphatic hydroxyl groups is 1. The van der Waals surface area contributed by atoms with E-state index in [0.717, 1.165) is 17.4 Å². The van der Waals surface area contributed by atoms with Crippen LogP contribution in [0.2, 0.25) is 0 Å². The fourth-order valence-corrected chi connectivity index (χ4v) is 4.58. The predicted molar refractivity (Wildman–Crippen MR) is 149 cm³/mol. The van der Waals surface area contributed by atoms with Gasteiger partial charge in [-0.25, -0.2) is 4.98 Å². The van der Waals surface area contributed by atoms with Gasteiger partial charge in [0, 0.05) is 13.0 Å². The molecule has 2 aromatic carbocycles. The number of rotatable bonds is 6. The van der Waals surface area contributed by atoms with Gasteiger partial charge in [-0.15, -0.1) is 0 Å². The summed E-state index contributed by atoms with van der Waals surface area (Å²) in [7, 11) is 0. The Labute approximate surface area is 238 Å². The fraction of sp³-hybridized carbons (Fsp3) is 0.367. The highest BCUT2D eigenvalue weighted by molar-refractivity contribution is 5.96. The summed E-state index contributed by atoms with van der Waals surface area (Å²) in [6.45, 7) is 1.67. The fourth-order valence-electron chi connectivity index (χ4n) is 4.58. The van der Waals surface area contributed by atoms with Crippen LogP contribution in [0, 0.1) is 0 Å². The topological polar surface area (TPSA) is 163 Å². The molecular weight excluding hydrogens is 526 g/mol. The molecule has 41 heavy (non-hydrogen) atoms. The van der Waals surface area contributed by atoms with Crippen molar-refractivity contribution < 1.29 is 28.7 Å². The van der Waals surface area contributed by atoms with E-state index < -0.39 is 42.0 Å². The normalized spacial score (nSPS) is 21.2. The number of fused-ring (bicyclic) bond motifs is 2. The highest BCUT2D eigenvalue weighted by Crippen LogP contribution is 2.20. The van der Waals surface area contributed by atoms with Gasteiger partial charge in [-0.1, -0.05) is 60.7 Å². The molecule has 0 fully saturated rings. The largest absolute Gasteiger partial charge is 0.446 e. The Kier molecular flexibility index (Phi) is 10.2. The summed E-state index contributed by atoms with van der Waals surface area (Å²) in [5.74, 6) is -1.87. The van der Waals surface area contributed by atoms with Crippen molar-refractivity contribution in [3.8, 4) is 0 Å². The number of amides is 4. The quantitative estimate of drug-likeness (QED) is 0.305. The van der Waals surface area contributed by atoms with Gasteiger partial charge in [0.25, 0.3) is 5.91 Å². The maximum atomic E-state index is 13.6. The zero-order valence-corrected chi connectivity index (χ0v) is 22.8. The van der Waals surface area contributed by atoms with E-state index in [1.165, 1.54) is 6.92 Å². The predicted octanol–water partition coefficient (Wildman–Crippen LogP) is 1.58. The van der Waals surface area contributed by atoms with Crippen LogP contribution in [-0.2, 0) is 27.2 Å². The minimum absolute atomic E-state index is 0.0897. The van der Waals surface area contributed by atoms with E-state index in [0.29, 0.717) is 25.7 Å². The Hall–Kier alpha value is -4.51. The lowest BCUT2D eigenvalue weighted by Crippen LogP contribution is -2.52. The molecule has 3 aromatic rings. The van der Waals surface area contributed by atoms with Gasteiger partial charge >= 0.3 is 0 Å². The first-order chi connectivity index (χ1) is 19.8. The number of benzene rings is 2. The summed E-state index contributed by atoms with van der Waals surface area (Å²) in [6.07, 6.45) is 1.78. The van der Waals surface area contributed by atoms with E-state index in [-0.39, 0.29) is 30.5 Å². The molecule has 216 valence electrons. The molecule has 0 radical (unpaired) electrons. The minimum Gasteiger partial charge on any atom is -0.446 e. The Morgan fingerprint density at radius 2 is 1.68 bits per heavy atom. The lowest BCUT2D eigenvalue weighted by Gasteiger charge is -2.23. The molecule has 4 atom stereocenters. The van der Waals surface area contributed by atoms with Gasteiger partial charge in [-0.05, 0) is 37.3 Å². The summed E-state index contributed by atoms with van der Waals surface area (Å²) in [5.41, 5.74) is 1.61. The van der Waals surface area contributed by atoms with Gasteiger partial charge in [0.1, 0.15) is 24.4 Å². The third-order valence-corrected chi connectivity index (χ3v) is 6.78. The molecule has 1 aliphatic heterocycles. The van der Waals surface area contributed by atoms with Gasteiger partial charge < -0.3 is 30.8 Å². The summed E-state index contributed by atoms with van der Waals surface area (Å²) >= 11 is 0. The van der Waals surface area contributed by atoms with Gasteiger partial charge in [0.05, 0.1) is 12.5 Å². The first-order valence-corrected chi connectivity index (χ1v) is 13.7. The van der Waals surface area contributed by atoms with Crippen molar-refractivity contribution >= 4 is 23.6 Å². The third kappa shape index (κ3) is 8.49. The molecule has 0 saturated heterocycles. The number of aromatic nitrogens is 1. The van der Waals surface area contributed by atoms with Crippen molar-refractivity contribution in [1.82, 2.24) is 26.3 Å². The lowest BCUT2D eigenvalue weighted by atomic mass is 10.0. The molecule has 5 N–H and O–H groups in total. The average molecular weight is 562 g/mol. The van der Waals surface area contributed by atoms with Crippen molar-refractivity contribution in [3.63, 3.8) is 0 Å². The molecule has 1 aliphatic rings. The van der Waals surface area contributed by atoms with E-state index in [2.05, 4.69) is 26.3 Å². The first kappa shape index (κ1) is 29.5. The van der Waals surface area contributed by atoms with Crippen LogP contribution in [0.1, 0.15) is 59.7 Å². The van der Waals surface area contributed by atoms with Crippen LogP contribution in [0.4, 0.5) is 0 Å². The van der Waals surface area contributed by atoms with E-state index in [1.54, 1.807) is 0 Å². The zero-order chi connectivity index (χ0) is 29.2. The third-order valence-electron chi connectivity index (χ3n) is 6.78. The van der Waals surface area contributed by atoms with Crippen molar-refractivity contribution in [1.29, 1.82) is 0 Å². The Morgan fingerprint density at radius 3 is 2.37 bits per heavy atom. The smallest absolute Gasteiger partial charge is 0.273 e. The van der Waals surface area contributed by atoms with Gasteiger partial charge in [-0.2, -0.15) is 0 Å². The van der Waals surface area contributed by atoms with E-state index in [9.17, 15) is 24.3 Å². The highest BCUT2D eigenvalue weighted by Gasteiger charge is 2.30. The molecule has 0 aliphatic carbocycles. The summed E-state index contributed by atoms with van der Waals surface area (Å²) < 4.78 is 5.62. The molecule has 2 bridgehead atoms. The molecule has 4 rings (SSSR count). The second-order valence-electron chi connectivity index (χ2n) is 10.1. The van der Waals surface area contributed by atoms with Crippen LogP contribution in [0.15, 0.2) is 71.3 Å². The summed E-state index contributed by atoms with van der Waals surface area (Å²) in [6, 6.07) is 15.9. The zero-order valence-electron chi connectivity index (χ0n) is 22.8. The van der Waals surface area contributed by atoms with Gasteiger partial charge in [0.15, 0.2) is 5.69 Å². The minimum atomic E-state index is -1.19. The molecular formula is C30H35N5O6. The molecule has 11 nitrogen and oxygen atoms in total. The molecule has 2 heterocycles. The van der Waals surface area contributed by atoms with Crippen LogP contribution < -0.4 is 21.3 Å². The standard InChI is InChI=1S/C30H35N5O6/c1-19(36)26-29(40)31-15-9-8-14-22(32-25(37)17-21-12-6-3-7-13-21)27(38)33-23(16-20-10-4-2-5-11-20)30-34-24(18-41-30)28(39)35-26/h2-7,10-13,18-19,22-23,26,36H,8-9,14-17H2,1H3,(H,31,40)(H,32,37)(H,33,38)(H,35,39)/t19-,22+,23+,26+/m1/s1. The lowest BCUT2D eigenvalue weighted by molar-refractivity contribution is -0.129. The van der Waals surface area contributed by atoms with E-state index in [1.807, 2.05) is 60.7 Å². The van der Waals surface area contributed by atoms with Crippen molar-refractivity contribution in [2.45, 2.75) is 63.3 Å². The Morgan fingerprint density at radius 1 is 1.00 bits per heavy atom. The van der Waals surface area contributed by atoms with Gasteiger partial charge in [-0.3, -0.25) is 19.2 Å². The maximum absolute atomic E-state index is 13.6.